The third-order valence-electron chi connectivity index (χ3n) is 5.36. The van der Waals surface area contributed by atoms with Gasteiger partial charge in [0.05, 0.1) is 13.2 Å². The first-order valence-corrected chi connectivity index (χ1v) is 9.07. The van der Waals surface area contributed by atoms with Crippen LogP contribution in [-0.4, -0.2) is 30.9 Å². The van der Waals surface area contributed by atoms with E-state index in [1.807, 2.05) is 30.4 Å². The molecule has 1 aromatic rings. The fourth-order valence-corrected chi connectivity index (χ4v) is 3.75. The molecule has 136 valence electrons. The summed E-state index contributed by atoms with van der Waals surface area (Å²) in [6, 6.07) is 5.98. The number of methoxy groups -OCH3 is 1. The molecule has 0 spiro atoms. The number of hydrogen-bond acceptors (Lipinski definition) is 3. The number of rotatable bonds is 7. The Morgan fingerprint density at radius 2 is 2.20 bits per heavy atom. The standard InChI is InChI=1S/C22H31NO2/c1-6-9-19(20-13-18(25-5)11-10-15(20)4)22(24)21-12-16(7-2)17(8-3)14-23-21/h6,8-11,13,16-17,21-24H,1,3,7,12,14H2,2,4-5H3/b19-9+/t16-,17-,21-,22+/m0/s1. The highest BCUT2D eigenvalue weighted by atomic mass is 16.5. The van der Waals surface area contributed by atoms with Crippen LogP contribution in [0.3, 0.4) is 0 Å². The van der Waals surface area contributed by atoms with Crippen LogP contribution in [-0.2, 0) is 0 Å². The molecule has 0 aromatic heterocycles. The van der Waals surface area contributed by atoms with E-state index in [2.05, 4.69) is 32.3 Å². The van der Waals surface area contributed by atoms with Crippen LogP contribution in [0.1, 0.15) is 30.9 Å². The zero-order chi connectivity index (χ0) is 18.4. The molecular formula is C22H31NO2. The maximum atomic E-state index is 11.1. The minimum Gasteiger partial charge on any atom is -0.497 e. The molecule has 1 saturated heterocycles. The highest BCUT2D eigenvalue weighted by molar-refractivity contribution is 5.74. The van der Waals surface area contributed by atoms with E-state index in [1.165, 1.54) is 0 Å². The third kappa shape index (κ3) is 4.42. The predicted octanol–water partition coefficient (Wildman–Crippen LogP) is 4.12. The van der Waals surface area contributed by atoms with Gasteiger partial charge in [0, 0.05) is 12.6 Å². The number of allylic oxidation sites excluding steroid dienone is 2. The highest BCUT2D eigenvalue weighted by Crippen LogP contribution is 2.33. The molecule has 0 amide bonds. The van der Waals surface area contributed by atoms with Crippen molar-refractivity contribution in [3.63, 3.8) is 0 Å². The van der Waals surface area contributed by atoms with Crippen LogP contribution >= 0.6 is 0 Å². The Bertz CT molecular complexity index is 635. The molecule has 3 heteroatoms. The number of aliphatic hydroxyl groups excluding tert-OH is 1. The van der Waals surface area contributed by atoms with Crippen LogP contribution in [0.25, 0.3) is 5.57 Å². The van der Waals surface area contributed by atoms with Gasteiger partial charge in [-0.1, -0.05) is 44.2 Å². The topological polar surface area (TPSA) is 41.5 Å². The molecule has 2 rings (SSSR count). The van der Waals surface area contributed by atoms with Gasteiger partial charge in [0.1, 0.15) is 5.75 Å². The Kier molecular flexibility index (Phi) is 7.03. The summed E-state index contributed by atoms with van der Waals surface area (Å²) >= 11 is 0. The average molecular weight is 341 g/mol. The highest BCUT2D eigenvalue weighted by Gasteiger charge is 2.33. The van der Waals surface area contributed by atoms with Crippen molar-refractivity contribution in [1.29, 1.82) is 0 Å². The van der Waals surface area contributed by atoms with Gasteiger partial charge in [-0.2, -0.15) is 0 Å². The van der Waals surface area contributed by atoms with Crippen LogP contribution in [0.5, 0.6) is 5.75 Å². The van der Waals surface area contributed by atoms with Gasteiger partial charge in [0.25, 0.3) is 0 Å². The van der Waals surface area contributed by atoms with Gasteiger partial charge in [-0.25, -0.2) is 0 Å². The fourth-order valence-electron chi connectivity index (χ4n) is 3.75. The van der Waals surface area contributed by atoms with Crippen molar-refractivity contribution in [2.45, 2.75) is 38.8 Å². The van der Waals surface area contributed by atoms with E-state index >= 15 is 0 Å². The quantitative estimate of drug-likeness (QED) is 0.579. The van der Waals surface area contributed by atoms with Crippen molar-refractivity contribution in [2.75, 3.05) is 13.7 Å². The number of aliphatic hydroxyl groups is 1. The van der Waals surface area contributed by atoms with Crippen LogP contribution in [0.15, 0.2) is 49.6 Å². The molecular weight excluding hydrogens is 310 g/mol. The molecule has 3 nitrogen and oxygen atoms in total. The zero-order valence-electron chi connectivity index (χ0n) is 15.7. The summed E-state index contributed by atoms with van der Waals surface area (Å²) in [5.41, 5.74) is 3.00. The molecule has 1 aliphatic rings. The third-order valence-corrected chi connectivity index (χ3v) is 5.36. The minimum atomic E-state index is -0.594. The summed E-state index contributed by atoms with van der Waals surface area (Å²) in [6.07, 6.45) is 7.13. The number of ether oxygens (including phenoxy) is 1. The van der Waals surface area contributed by atoms with Crippen molar-refractivity contribution < 1.29 is 9.84 Å². The van der Waals surface area contributed by atoms with E-state index < -0.39 is 6.10 Å². The van der Waals surface area contributed by atoms with Gasteiger partial charge in [-0.05, 0) is 54.0 Å². The molecule has 4 atom stereocenters. The minimum absolute atomic E-state index is 0.0259. The number of hydrogen-bond donors (Lipinski definition) is 2. The molecule has 25 heavy (non-hydrogen) atoms. The van der Waals surface area contributed by atoms with Crippen LogP contribution in [0.4, 0.5) is 0 Å². The number of piperidine rings is 1. The monoisotopic (exact) mass is 341 g/mol. The average Bonchev–Trinajstić information content (AvgIpc) is 2.65. The smallest absolute Gasteiger partial charge is 0.119 e. The van der Waals surface area contributed by atoms with Gasteiger partial charge < -0.3 is 15.2 Å². The first-order valence-electron chi connectivity index (χ1n) is 9.07. The van der Waals surface area contributed by atoms with Gasteiger partial charge in [-0.3, -0.25) is 0 Å². The fraction of sp³-hybridized carbons (Fsp3) is 0.455. The van der Waals surface area contributed by atoms with E-state index in [1.54, 1.807) is 13.2 Å². The molecule has 2 N–H and O–H groups in total. The van der Waals surface area contributed by atoms with Gasteiger partial charge >= 0.3 is 0 Å². The first-order chi connectivity index (χ1) is 12.0. The number of nitrogens with one attached hydrogen (secondary N) is 1. The van der Waals surface area contributed by atoms with Crippen LogP contribution < -0.4 is 10.1 Å². The van der Waals surface area contributed by atoms with Crippen molar-refractivity contribution in [3.05, 3.63) is 60.7 Å². The van der Waals surface area contributed by atoms with Crippen LogP contribution in [0.2, 0.25) is 0 Å². The summed E-state index contributed by atoms with van der Waals surface area (Å²) in [7, 11) is 1.66. The van der Waals surface area contributed by atoms with Crippen molar-refractivity contribution in [1.82, 2.24) is 5.32 Å². The molecule has 0 bridgehead atoms. The van der Waals surface area contributed by atoms with Crippen molar-refractivity contribution in [2.24, 2.45) is 11.8 Å². The lowest BCUT2D eigenvalue weighted by Crippen LogP contribution is -2.49. The Balaban J connectivity index is 2.30. The Morgan fingerprint density at radius 1 is 1.44 bits per heavy atom. The second-order valence-electron chi connectivity index (χ2n) is 6.80. The lowest BCUT2D eigenvalue weighted by molar-refractivity contribution is 0.125. The second-order valence-corrected chi connectivity index (χ2v) is 6.80. The molecule has 1 heterocycles. The van der Waals surface area contributed by atoms with Crippen molar-refractivity contribution >= 4 is 5.57 Å². The summed E-state index contributed by atoms with van der Waals surface area (Å²) in [5.74, 6) is 1.81. The Hall–Kier alpha value is -1.84. The predicted molar refractivity (Wildman–Crippen MR) is 106 cm³/mol. The van der Waals surface area contributed by atoms with Crippen molar-refractivity contribution in [3.8, 4) is 5.75 Å². The van der Waals surface area contributed by atoms with Gasteiger partial charge in [0.15, 0.2) is 0 Å². The van der Waals surface area contributed by atoms with E-state index in [-0.39, 0.29) is 6.04 Å². The number of aryl methyl sites for hydroxylation is 1. The molecule has 0 saturated carbocycles. The molecule has 1 aliphatic heterocycles. The maximum Gasteiger partial charge on any atom is 0.119 e. The van der Waals surface area contributed by atoms with Crippen LogP contribution in [0, 0.1) is 18.8 Å². The summed E-state index contributed by atoms with van der Waals surface area (Å²) in [6.45, 7) is 12.9. The van der Waals surface area contributed by atoms with Gasteiger partial charge in [0.2, 0.25) is 0 Å². The SMILES string of the molecule is C=C/C=C(\c1cc(OC)ccc1C)[C@@H](O)[C@@H]1C[C@H](CC)[C@@H](C=C)CN1. The molecule has 1 fully saturated rings. The lowest BCUT2D eigenvalue weighted by Gasteiger charge is -2.38. The lowest BCUT2D eigenvalue weighted by atomic mass is 9.78. The first kappa shape index (κ1) is 19.5. The van der Waals surface area contributed by atoms with Gasteiger partial charge in [-0.15, -0.1) is 6.58 Å². The molecule has 1 aromatic carbocycles. The summed E-state index contributed by atoms with van der Waals surface area (Å²) in [5, 5.41) is 14.6. The van der Waals surface area contributed by atoms with E-state index in [0.717, 1.165) is 41.8 Å². The zero-order valence-corrected chi connectivity index (χ0v) is 15.7. The summed E-state index contributed by atoms with van der Waals surface area (Å²) in [4.78, 5) is 0. The molecule has 0 radical (unpaired) electrons. The second kappa shape index (κ2) is 9.02. The molecule has 0 aliphatic carbocycles. The number of benzene rings is 1. The van der Waals surface area contributed by atoms with E-state index in [9.17, 15) is 5.11 Å². The Morgan fingerprint density at radius 3 is 2.80 bits per heavy atom. The maximum absolute atomic E-state index is 11.1. The Labute approximate surface area is 152 Å². The van der Waals surface area contributed by atoms with E-state index in [4.69, 9.17) is 4.74 Å². The normalized spacial score (nSPS) is 25.3. The molecule has 0 unspecified atom stereocenters. The summed E-state index contributed by atoms with van der Waals surface area (Å²) < 4.78 is 5.37. The largest absolute Gasteiger partial charge is 0.497 e. The van der Waals surface area contributed by atoms with E-state index in [0.29, 0.717) is 11.8 Å².